The first-order chi connectivity index (χ1) is 8.69. The summed E-state index contributed by atoms with van der Waals surface area (Å²) in [6.45, 7) is 0.201. The van der Waals surface area contributed by atoms with E-state index in [1.165, 1.54) is 12.1 Å². The van der Waals surface area contributed by atoms with Crippen LogP contribution in [0.2, 0.25) is 0 Å². The zero-order chi connectivity index (χ0) is 13.0. The van der Waals surface area contributed by atoms with Crippen molar-refractivity contribution in [3.63, 3.8) is 0 Å². The van der Waals surface area contributed by atoms with E-state index >= 15 is 0 Å². The van der Waals surface area contributed by atoms with Crippen molar-refractivity contribution in [1.29, 1.82) is 5.26 Å². The number of anilines is 1. The average Bonchev–Trinajstić information content (AvgIpc) is 2.37. The number of rotatable bonds is 3. The molecule has 0 spiro atoms. The van der Waals surface area contributed by atoms with Gasteiger partial charge in [0.15, 0.2) is 0 Å². The van der Waals surface area contributed by atoms with E-state index in [9.17, 15) is 4.39 Å². The van der Waals surface area contributed by atoms with Crippen molar-refractivity contribution in [2.24, 2.45) is 0 Å². The Hall–Kier alpha value is -2.54. The molecule has 2 N–H and O–H groups in total. The summed E-state index contributed by atoms with van der Waals surface area (Å²) in [6, 6.07) is 13.0. The SMILES string of the molecule is N#Cc1cc(F)ccc1COc1cccc(N)c1. The fourth-order valence-electron chi connectivity index (χ4n) is 1.54. The third kappa shape index (κ3) is 2.77. The van der Waals surface area contributed by atoms with Gasteiger partial charge >= 0.3 is 0 Å². The van der Waals surface area contributed by atoms with Gasteiger partial charge in [0.2, 0.25) is 0 Å². The van der Waals surface area contributed by atoms with E-state index in [2.05, 4.69) is 0 Å². The standard InChI is InChI=1S/C14H11FN2O/c15-12-5-4-10(11(6-12)8-16)9-18-14-3-1-2-13(17)7-14/h1-7H,9,17H2. The number of nitrogens with two attached hydrogens (primary N) is 1. The summed E-state index contributed by atoms with van der Waals surface area (Å²) < 4.78 is 18.4. The predicted molar refractivity (Wildman–Crippen MR) is 66.3 cm³/mol. The lowest BCUT2D eigenvalue weighted by Gasteiger charge is -2.08. The fourth-order valence-corrected chi connectivity index (χ4v) is 1.54. The van der Waals surface area contributed by atoms with E-state index in [1.807, 2.05) is 6.07 Å². The molecule has 0 radical (unpaired) electrons. The highest BCUT2D eigenvalue weighted by Crippen LogP contribution is 2.18. The minimum atomic E-state index is -0.431. The largest absolute Gasteiger partial charge is 0.489 e. The third-order valence-electron chi connectivity index (χ3n) is 2.44. The molecule has 0 saturated carbocycles. The molecule has 0 unspecified atom stereocenters. The van der Waals surface area contributed by atoms with E-state index in [0.717, 1.165) is 0 Å². The van der Waals surface area contributed by atoms with Crippen molar-refractivity contribution in [2.45, 2.75) is 6.61 Å². The number of halogens is 1. The van der Waals surface area contributed by atoms with Gasteiger partial charge in [-0.3, -0.25) is 0 Å². The lowest BCUT2D eigenvalue weighted by atomic mass is 10.1. The van der Waals surface area contributed by atoms with Crippen molar-refractivity contribution >= 4 is 5.69 Å². The quantitative estimate of drug-likeness (QED) is 0.842. The number of hydrogen-bond acceptors (Lipinski definition) is 3. The van der Waals surface area contributed by atoms with Gasteiger partial charge in [0.1, 0.15) is 18.2 Å². The maximum atomic E-state index is 12.9. The van der Waals surface area contributed by atoms with Crippen molar-refractivity contribution in [2.75, 3.05) is 5.73 Å². The van der Waals surface area contributed by atoms with Gasteiger partial charge in [-0.25, -0.2) is 4.39 Å². The van der Waals surface area contributed by atoms with Crippen LogP contribution in [0.3, 0.4) is 0 Å². The van der Waals surface area contributed by atoms with Gasteiger partial charge in [-0.1, -0.05) is 12.1 Å². The highest BCUT2D eigenvalue weighted by molar-refractivity contribution is 5.44. The maximum Gasteiger partial charge on any atom is 0.124 e. The van der Waals surface area contributed by atoms with Crippen LogP contribution in [0.15, 0.2) is 42.5 Å². The summed E-state index contributed by atoms with van der Waals surface area (Å²) in [5, 5.41) is 8.89. The van der Waals surface area contributed by atoms with Gasteiger partial charge in [0.05, 0.1) is 11.6 Å². The smallest absolute Gasteiger partial charge is 0.124 e. The van der Waals surface area contributed by atoms with E-state index in [4.69, 9.17) is 15.7 Å². The molecule has 18 heavy (non-hydrogen) atoms. The Morgan fingerprint density at radius 2 is 2.06 bits per heavy atom. The molecule has 0 saturated heterocycles. The molecule has 0 atom stereocenters. The van der Waals surface area contributed by atoms with Crippen LogP contribution in [0.4, 0.5) is 10.1 Å². The molecule has 0 aliphatic carbocycles. The zero-order valence-corrected chi connectivity index (χ0v) is 9.56. The number of hydrogen-bond donors (Lipinski definition) is 1. The van der Waals surface area contributed by atoms with E-state index in [1.54, 1.807) is 30.3 Å². The minimum absolute atomic E-state index is 0.201. The van der Waals surface area contributed by atoms with Crippen LogP contribution >= 0.6 is 0 Å². The molecule has 2 aromatic carbocycles. The molecule has 0 bridgehead atoms. The third-order valence-corrected chi connectivity index (χ3v) is 2.44. The number of benzene rings is 2. The van der Waals surface area contributed by atoms with E-state index in [0.29, 0.717) is 17.0 Å². The number of nitriles is 1. The van der Waals surface area contributed by atoms with E-state index in [-0.39, 0.29) is 12.2 Å². The second-order valence-electron chi connectivity index (χ2n) is 3.77. The van der Waals surface area contributed by atoms with E-state index < -0.39 is 5.82 Å². The van der Waals surface area contributed by atoms with Crippen LogP contribution in [-0.4, -0.2) is 0 Å². The predicted octanol–water partition coefficient (Wildman–Crippen LogP) is 2.86. The zero-order valence-electron chi connectivity index (χ0n) is 9.56. The first-order valence-corrected chi connectivity index (χ1v) is 5.36. The maximum absolute atomic E-state index is 12.9. The molecule has 0 fully saturated rings. The van der Waals surface area contributed by atoms with Crippen LogP contribution in [0, 0.1) is 17.1 Å². The van der Waals surface area contributed by atoms with Crippen molar-refractivity contribution in [3.8, 4) is 11.8 Å². The van der Waals surface area contributed by atoms with Gasteiger partial charge < -0.3 is 10.5 Å². The Bertz CT molecular complexity index is 605. The minimum Gasteiger partial charge on any atom is -0.489 e. The number of nitrogen functional groups attached to an aromatic ring is 1. The second kappa shape index (κ2) is 5.19. The van der Waals surface area contributed by atoms with Crippen molar-refractivity contribution in [3.05, 3.63) is 59.4 Å². The molecular weight excluding hydrogens is 231 g/mol. The van der Waals surface area contributed by atoms with Crippen LogP contribution in [0.5, 0.6) is 5.75 Å². The van der Waals surface area contributed by atoms with Gasteiger partial charge in [0.25, 0.3) is 0 Å². The second-order valence-corrected chi connectivity index (χ2v) is 3.77. The molecule has 4 heteroatoms. The molecule has 2 rings (SSSR count). The molecule has 0 aromatic heterocycles. The summed E-state index contributed by atoms with van der Waals surface area (Å²) in [4.78, 5) is 0. The van der Waals surface area contributed by atoms with Crippen LogP contribution < -0.4 is 10.5 Å². The van der Waals surface area contributed by atoms with Gasteiger partial charge in [-0.2, -0.15) is 5.26 Å². The summed E-state index contributed by atoms with van der Waals surface area (Å²) in [7, 11) is 0. The Morgan fingerprint density at radius 3 is 2.78 bits per heavy atom. The molecule has 0 aliphatic heterocycles. The molecule has 2 aromatic rings. The Labute approximate surface area is 104 Å². The summed E-state index contributed by atoms with van der Waals surface area (Å²) >= 11 is 0. The van der Waals surface area contributed by atoms with Gasteiger partial charge in [-0.05, 0) is 24.3 Å². The summed E-state index contributed by atoms with van der Waals surface area (Å²) in [5.74, 6) is 0.183. The lowest BCUT2D eigenvalue weighted by molar-refractivity contribution is 0.306. The molecule has 0 heterocycles. The molecule has 3 nitrogen and oxygen atoms in total. The van der Waals surface area contributed by atoms with Crippen molar-refractivity contribution < 1.29 is 9.13 Å². The molecule has 0 amide bonds. The monoisotopic (exact) mass is 242 g/mol. The Kier molecular flexibility index (Phi) is 3.44. The molecular formula is C14H11FN2O. The summed E-state index contributed by atoms with van der Waals surface area (Å²) in [5.41, 5.74) is 7.14. The highest BCUT2D eigenvalue weighted by atomic mass is 19.1. The van der Waals surface area contributed by atoms with Crippen molar-refractivity contribution in [1.82, 2.24) is 0 Å². The topological polar surface area (TPSA) is 59.0 Å². The van der Waals surface area contributed by atoms with Crippen LogP contribution in [0.1, 0.15) is 11.1 Å². The first kappa shape index (κ1) is 11.9. The number of nitrogens with zero attached hydrogens (tertiary/aromatic N) is 1. The van der Waals surface area contributed by atoms with Crippen LogP contribution in [-0.2, 0) is 6.61 Å². The normalized spacial score (nSPS) is 9.78. The first-order valence-electron chi connectivity index (χ1n) is 5.36. The Morgan fingerprint density at radius 1 is 1.22 bits per heavy atom. The highest BCUT2D eigenvalue weighted by Gasteiger charge is 2.04. The number of ether oxygens (including phenoxy) is 1. The lowest BCUT2D eigenvalue weighted by Crippen LogP contribution is -1.99. The Balaban J connectivity index is 2.14. The van der Waals surface area contributed by atoms with Crippen LogP contribution in [0.25, 0.3) is 0 Å². The van der Waals surface area contributed by atoms with Gasteiger partial charge in [-0.15, -0.1) is 0 Å². The summed E-state index contributed by atoms with van der Waals surface area (Å²) in [6.07, 6.45) is 0. The fraction of sp³-hybridized carbons (Fsp3) is 0.0714. The van der Waals surface area contributed by atoms with Gasteiger partial charge in [0, 0.05) is 17.3 Å². The average molecular weight is 242 g/mol. The molecule has 0 aliphatic rings. The molecule has 90 valence electrons.